The number of nitrogens with one attached hydrogen (secondary N) is 1. The van der Waals surface area contributed by atoms with Gasteiger partial charge in [-0.2, -0.15) is 8.61 Å². The van der Waals surface area contributed by atoms with Gasteiger partial charge in [-0.05, 0) is 62.1 Å². The van der Waals surface area contributed by atoms with Crippen molar-refractivity contribution in [2.75, 3.05) is 39.8 Å². The largest absolute Gasteiger partial charge is 0.492 e. The molecule has 3 rings (SSSR count). The van der Waals surface area contributed by atoms with Crippen molar-refractivity contribution in [1.29, 1.82) is 0 Å². The fourth-order valence-corrected chi connectivity index (χ4v) is 6.66. The first-order valence-corrected chi connectivity index (χ1v) is 14.6. The third kappa shape index (κ3) is 6.73. The van der Waals surface area contributed by atoms with E-state index in [1.807, 2.05) is 0 Å². The topological polar surface area (TPSA) is 113 Å². The summed E-state index contributed by atoms with van der Waals surface area (Å²) in [5.74, 6) is -0.0727. The highest BCUT2D eigenvalue weighted by atomic mass is 35.5. The van der Waals surface area contributed by atoms with E-state index in [4.69, 9.17) is 16.3 Å². The highest BCUT2D eigenvalue weighted by Crippen LogP contribution is 2.28. The summed E-state index contributed by atoms with van der Waals surface area (Å²) in [5.41, 5.74) is 0.857. The van der Waals surface area contributed by atoms with Crippen LogP contribution in [0.3, 0.4) is 0 Å². The highest BCUT2D eigenvalue weighted by molar-refractivity contribution is 7.89. The van der Waals surface area contributed by atoms with Gasteiger partial charge in [0.2, 0.25) is 26.0 Å². The minimum absolute atomic E-state index is 0.0368. The van der Waals surface area contributed by atoms with E-state index in [1.165, 1.54) is 29.6 Å². The Bertz CT molecular complexity index is 1240. The number of ether oxygens (including phenoxy) is 1. The van der Waals surface area contributed by atoms with Crippen LogP contribution in [0.15, 0.2) is 52.3 Å². The van der Waals surface area contributed by atoms with Crippen molar-refractivity contribution in [2.24, 2.45) is 0 Å². The SMILES string of the molecule is CCOc1ccc(S(=O)(=O)N(C)CC(=O)NCCc2ccc(S(=O)(=O)N3CCCC3)cc2)cc1Cl. The molecule has 9 nitrogen and oxygen atoms in total. The molecular weight excluding hydrogens is 514 g/mol. The molecule has 1 N–H and O–H groups in total. The van der Waals surface area contributed by atoms with Crippen LogP contribution in [0.25, 0.3) is 0 Å². The van der Waals surface area contributed by atoms with Crippen LogP contribution in [0.5, 0.6) is 5.75 Å². The molecule has 35 heavy (non-hydrogen) atoms. The van der Waals surface area contributed by atoms with Gasteiger partial charge < -0.3 is 10.1 Å². The predicted molar refractivity (Wildman–Crippen MR) is 134 cm³/mol. The molecule has 1 aliphatic rings. The van der Waals surface area contributed by atoms with Crippen molar-refractivity contribution in [3.05, 3.63) is 53.1 Å². The third-order valence-electron chi connectivity index (χ3n) is 5.64. The molecule has 192 valence electrons. The van der Waals surface area contributed by atoms with Gasteiger partial charge in [-0.15, -0.1) is 0 Å². The van der Waals surface area contributed by atoms with E-state index in [0.29, 0.717) is 31.9 Å². The van der Waals surface area contributed by atoms with E-state index >= 15 is 0 Å². The smallest absolute Gasteiger partial charge is 0.243 e. The first-order chi connectivity index (χ1) is 16.6. The van der Waals surface area contributed by atoms with Crippen LogP contribution in [0, 0.1) is 0 Å². The first-order valence-electron chi connectivity index (χ1n) is 11.3. The Morgan fingerprint density at radius 1 is 1.06 bits per heavy atom. The Morgan fingerprint density at radius 3 is 2.29 bits per heavy atom. The Morgan fingerprint density at radius 2 is 1.69 bits per heavy atom. The van der Waals surface area contributed by atoms with Crippen molar-refractivity contribution in [3.63, 3.8) is 0 Å². The molecular formula is C23H30ClN3O6S2. The number of nitrogens with zero attached hydrogens (tertiary/aromatic N) is 2. The summed E-state index contributed by atoms with van der Waals surface area (Å²) in [6.07, 6.45) is 2.23. The predicted octanol–water partition coefficient (Wildman–Crippen LogP) is 2.50. The summed E-state index contributed by atoms with van der Waals surface area (Å²) >= 11 is 6.10. The second-order valence-electron chi connectivity index (χ2n) is 8.14. The molecule has 12 heteroatoms. The number of hydrogen-bond donors (Lipinski definition) is 1. The zero-order chi connectivity index (χ0) is 25.6. The van der Waals surface area contributed by atoms with E-state index in [2.05, 4.69) is 5.32 Å². The second kappa shape index (κ2) is 11.7. The number of benzene rings is 2. The molecule has 1 saturated heterocycles. The van der Waals surface area contributed by atoms with Gasteiger partial charge in [0.25, 0.3) is 0 Å². The Kier molecular flexibility index (Phi) is 9.16. The number of likely N-dealkylation sites (N-methyl/N-ethyl adjacent to an activating group) is 1. The van der Waals surface area contributed by atoms with Crippen LogP contribution in [0.1, 0.15) is 25.3 Å². The molecule has 0 aliphatic carbocycles. The minimum Gasteiger partial charge on any atom is -0.492 e. The van der Waals surface area contributed by atoms with Crippen molar-refractivity contribution in [3.8, 4) is 5.75 Å². The van der Waals surface area contributed by atoms with Gasteiger partial charge in [0, 0.05) is 26.7 Å². The van der Waals surface area contributed by atoms with E-state index in [0.717, 1.165) is 22.7 Å². The van der Waals surface area contributed by atoms with Crippen LogP contribution in [0.4, 0.5) is 0 Å². The summed E-state index contributed by atoms with van der Waals surface area (Å²) in [6.45, 7) is 3.20. The van der Waals surface area contributed by atoms with Gasteiger partial charge in [-0.25, -0.2) is 16.8 Å². The molecule has 1 heterocycles. The lowest BCUT2D eigenvalue weighted by Crippen LogP contribution is -2.39. The molecule has 0 aromatic heterocycles. The van der Waals surface area contributed by atoms with Crippen molar-refractivity contribution >= 4 is 37.6 Å². The maximum Gasteiger partial charge on any atom is 0.243 e. The molecule has 2 aromatic rings. The Labute approximate surface area is 212 Å². The zero-order valence-electron chi connectivity index (χ0n) is 19.7. The molecule has 0 bridgehead atoms. The van der Waals surface area contributed by atoms with Crippen LogP contribution in [-0.4, -0.2) is 71.2 Å². The lowest BCUT2D eigenvalue weighted by molar-refractivity contribution is -0.121. The quantitative estimate of drug-likeness (QED) is 0.466. The molecule has 1 aliphatic heterocycles. The van der Waals surface area contributed by atoms with E-state index in [-0.39, 0.29) is 27.9 Å². The van der Waals surface area contributed by atoms with Crippen LogP contribution < -0.4 is 10.1 Å². The number of sulfonamides is 2. The molecule has 0 saturated carbocycles. The number of amides is 1. The molecule has 0 radical (unpaired) electrons. The van der Waals surface area contributed by atoms with Crippen LogP contribution in [0.2, 0.25) is 5.02 Å². The van der Waals surface area contributed by atoms with E-state index in [9.17, 15) is 21.6 Å². The van der Waals surface area contributed by atoms with E-state index < -0.39 is 26.0 Å². The minimum atomic E-state index is -3.92. The average molecular weight is 544 g/mol. The van der Waals surface area contributed by atoms with Gasteiger partial charge in [-0.3, -0.25) is 4.79 Å². The van der Waals surface area contributed by atoms with Gasteiger partial charge in [0.05, 0.1) is 28.0 Å². The fraction of sp³-hybridized carbons (Fsp3) is 0.435. The summed E-state index contributed by atoms with van der Waals surface area (Å²) < 4.78 is 58.5. The number of halogens is 1. The lowest BCUT2D eigenvalue weighted by atomic mass is 10.1. The molecule has 1 fully saturated rings. The van der Waals surface area contributed by atoms with Crippen LogP contribution >= 0.6 is 11.6 Å². The van der Waals surface area contributed by atoms with Gasteiger partial charge >= 0.3 is 0 Å². The highest BCUT2D eigenvalue weighted by Gasteiger charge is 2.27. The van der Waals surface area contributed by atoms with Crippen molar-refractivity contribution in [2.45, 2.75) is 36.0 Å². The van der Waals surface area contributed by atoms with E-state index in [1.54, 1.807) is 31.2 Å². The fourth-order valence-electron chi connectivity index (χ4n) is 3.69. The Hall–Kier alpha value is -2.18. The number of carbonyl (C=O) groups excluding carboxylic acids is 1. The monoisotopic (exact) mass is 543 g/mol. The molecule has 2 aromatic carbocycles. The van der Waals surface area contributed by atoms with Gasteiger partial charge in [-0.1, -0.05) is 23.7 Å². The maximum absolute atomic E-state index is 12.8. The zero-order valence-corrected chi connectivity index (χ0v) is 22.1. The van der Waals surface area contributed by atoms with Gasteiger partial charge in [0.1, 0.15) is 5.75 Å². The molecule has 0 unspecified atom stereocenters. The van der Waals surface area contributed by atoms with Crippen LogP contribution in [-0.2, 0) is 31.3 Å². The number of hydrogen-bond acceptors (Lipinski definition) is 6. The summed E-state index contributed by atoms with van der Waals surface area (Å²) in [7, 11) is -6.06. The average Bonchev–Trinajstić information content (AvgIpc) is 3.37. The van der Waals surface area contributed by atoms with Crippen molar-refractivity contribution < 1.29 is 26.4 Å². The normalized spacial score (nSPS) is 14.9. The first kappa shape index (κ1) is 27.4. The number of carbonyl (C=O) groups is 1. The standard InChI is InChI=1S/C23H30ClN3O6S2/c1-3-33-22-11-10-20(16-21(22)24)34(29,30)26(2)17-23(28)25-13-12-18-6-8-19(9-7-18)35(31,32)27-14-4-5-15-27/h6-11,16H,3-5,12-15,17H2,1-2H3,(H,25,28). The Balaban J connectivity index is 1.51. The lowest BCUT2D eigenvalue weighted by Gasteiger charge is -2.18. The van der Waals surface area contributed by atoms with Gasteiger partial charge in [0.15, 0.2) is 0 Å². The number of rotatable bonds is 11. The summed E-state index contributed by atoms with van der Waals surface area (Å²) in [6, 6.07) is 10.8. The molecule has 0 atom stereocenters. The summed E-state index contributed by atoms with van der Waals surface area (Å²) in [4.78, 5) is 12.5. The second-order valence-corrected chi connectivity index (χ2v) is 12.5. The molecule has 1 amide bonds. The maximum atomic E-state index is 12.8. The summed E-state index contributed by atoms with van der Waals surface area (Å²) in [5, 5.41) is 2.87. The van der Waals surface area contributed by atoms with Crippen molar-refractivity contribution in [1.82, 2.24) is 13.9 Å². The third-order valence-corrected chi connectivity index (χ3v) is 9.65. The molecule has 0 spiro atoms.